The van der Waals surface area contributed by atoms with Crippen LogP contribution >= 0.6 is 0 Å². The maximum Gasteiger partial charge on any atom is 0.202 e. The van der Waals surface area contributed by atoms with E-state index in [1.165, 1.54) is 24.8 Å². The maximum atomic E-state index is 5.41. The van der Waals surface area contributed by atoms with E-state index < -0.39 is 0 Å². The Hall–Kier alpha value is -2.33. The van der Waals surface area contributed by atoms with Crippen molar-refractivity contribution in [3.63, 3.8) is 0 Å². The topological polar surface area (TPSA) is 42.4 Å². The Morgan fingerprint density at radius 2 is 2.00 bits per heavy atom. The molecule has 4 nitrogen and oxygen atoms in total. The van der Waals surface area contributed by atoms with E-state index in [9.17, 15) is 0 Å². The molecule has 4 rings (SSSR count). The van der Waals surface area contributed by atoms with Crippen molar-refractivity contribution in [2.75, 3.05) is 6.54 Å². The molecule has 1 unspecified atom stereocenters. The number of likely N-dealkylation sites (tertiary alicyclic amines) is 1. The lowest BCUT2D eigenvalue weighted by Crippen LogP contribution is -2.29. The van der Waals surface area contributed by atoms with Crippen molar-refractivity contribution in [3.8, 4) is 11.5 Å². The zero-order chi connectivity index (χ0) is 16.2. The lowest BCUT2D eigenvalue weighted by molar-refractivity contribution is 0.228. The summed E-state index contributed by atoms with van der Waals surface area (Å²) in [5.74, 6) is 1.44. The third-order valence-corrected chi connectivity index (χ3v) is 4.80. The first-order chi connectivity index (χ1) is 11.9. The van der Waals surface area contributed by atoms with Crippen LogP contribution in [0.25, 0.3) is 11.5 Å². The van der Waals surface area contributed by atoms with E-state index in [2.05, 4.69) is 40.4 Å². The van der Waals surface area contributed by atoms with Crippen LogP contribution in [0.15, 0.2) is 63.7 Å². The minimum atomic E-state index is 0.633. The molecule has 1 aliphatic heterocycles. The molecule has 2 aromatic heterocycles. The fourth-order valence-corrected chi connectivity index (χ4v) is 3.54. The van der Waals surface area contributed by atoms with Gasteiger partial charge in [-0.05, 0) is 49.9 Å². The zero-order valence-electron chi connectivity index (χ0n) is 13.7. The fraction of sp³-hybridized carbons (Fsp3) is 0.350. The Bertz CT molecular complexity index is 749. The van der Waals surface area contributed by atoms with Gasteiger partial charge in [0.25, 0.3) is 0 Å². The van der Waals surface area contributed by atoms with E-state index >= 15 is 0 Å². The third-order valence-electron chi connectivity index (χ3n) is 4.80. The molecule has 0 spiro atoms. The van der Waals surface area contributed by atoms with Gasteiger partial charge in [0.1, 0.15) is 0 Å². The summed E-state index contributed by atoms with van der Waals surface area (Å²) < 4.78 is 10.8. The molecular weight excluding hydrogens is 300 g/mol. The summed E-state index contributed by atoms with van der Waals surface area (Å²) in [6.07, 6.45) is 6.53. The van der Waals surface area contributed by atoms with Gasteiger partial charge in [-0.3, -0.25) is 4.90 Å². The Labute approximate surface area is 142 Å². The van der Waals surface area contributed by atoms with Gasteiger partial charge in [0.05, 0.1) is 12.0 Å². The van der Waals surface area contributed by atoms with Crippen LogP contribution in [0.1, 0.15) is 30.5 Å². The summed E-state index contributed by atoms with van der Waals surface area (Å²) in [4.78, 5) is 2.53. The van der Waals surface area contributed by atoms with Gasteiger partial charge in [0.2, 0.25) is 5.76 Å². The highest BCUT2D eigenvalue weighted by Crippen LogP contribution is 2.26. The average molecular weight is 322 g/mol. The van der Waals surface area contributed by atoms with Gasteiger partial charge < -0.3 is 8.94 Å². The van der Waals surface area contributed by atoms with E-state index in [4.69, 9.17) is 8.94 Å². The quantitative estimate of drug-likeness (QED) is 0.668. The number of hydrogen-bond donors (Lipinski definition) is 0. The molecule has 0 aliphatic carbocycles. The molecule has 0 radical (unpaired) electrons. The second-order valence-corrected chi connectivity index (χ2v) is 6.45. The molecule has 0 saturated carbocycles. The molecule has 1 aromatic carbocycles. The molecule has 0 bridgehead atoms. The number of nitrogens with zero attached hydrogens (tertiary/aromatic N) is 2. The Kier molecular flexibility index (Phi) is 4.47. The summed E-state index contributed by atoms with van der Waals surface area (Å²) in [7, 11) is 0. The van der Waals surface area contributed by atoms with Gasteiger partial charge >= 0.3 is 0 Å². The summed E-state index contributed by atoms with van der Waals surface area (Å²) in [5, 5.41) is 4.21. The molecule has 3 aromatic rings. The number of aryl methyl sites for hydroxylation is 1. The number of benzene rings is 1. The molecular formula is C20H22N2O2. The smallest absolute Gasteiger partial charge is 0.202 e. The van der Waals surface area contributed by atoms with Crippen LogP contribution in [-0.2, 0) is 13.0 Å². The Balaban J connectivity index is 1.37. The molecule has 0 N–H and O–H groups in total. The van der Waals surface area contributed by atoms with Gasteiger partial charge in [-0.25, -0.2) is 0 Å². The minimum Gasteiger partial charge on any atom is -0.461 e. The predicted molar refractivity (Wildman–Crippen MR) is 92.4 cm³/mol. The molecule has 4 heteroatoms. The second-order valence-electron chi connectivity index (χ2n) is 6.45. The zero-order valence-corrected chi connectivity index (χ0v) is 13.7. The summed E-state index contributed by atoms with van der Waals surface area (Å²) in [6, 6.07) is 17.1. The molecule has 0 amide bonds. The van der Waals surface area contributed by atoms with Crippen LogP contribution in [0.2, 0.25) is 0 Å². The van der Waals surface area contributed by atoms with Crippen LogP contribution in [0, 0.1) is 0 Å². The van der Waals surface area contributed by atoms with Gasteiger partial charge in [0, 0.05) is 18.7 Å². The molecule has 124 valence electrons. The summed E-state index contributed by atoms with van der Waals surface area (Å²) in [5.41, 5.74) is 2.40. The highest BCUT2D eigenvalue weighted by molar-refractivity contribution is 5.49. The average Bonchev–Trinajstić information content (AvgIpc) is 3.36. The van der Waals surface area contributed by atoms with Gasteiger partial charge in [-0.15, -0.1) is 0 Å². The Morgan fingerprint density at radius 1 is 1.08 bits per heavy atom. The normalized spacial score (nSPS) is 18.2. The predicted octanol–water partition coefficient (Wildman–Crippen LogP) is 4.53. The van der Waals surface area contributed by atoms with Crippen LogP contribution < -0.4 is 0 Å². The largest absolute Gasteiger partial charge is 0.461 e. The van der Waals surface area contributed by atoms with E-state index in [-0.39, 0.29) is 0 Å². The SMILES string of the molecule is c1ccc(CCC2CCCN2Cc2cc(-c3ccco3)on2)cc1. The monoisotopic (exact) mass is 322 g/mol. The first-order valence-corrected chi connectivity index (χ1v) is 8.66. The van der Waals surface area contributed by atoms with E-state index in [0.717, 1.165) is 31.0 Å². The first-order valence-electron chi connectivity index (χ1n) is 8.66. The lowest BCUT2D eigenvalue weighted by atomic mass is 10.0. The number of aromatic nitrogens is 1. The molecule has 1 aliphatic rings. The lowest BCUT2D eigenvalue weighted by Gasteiger charge is -2.23. The van der Waals surface area contributed by atoms with Crippen molar-refractivity contribution >= 4 is 0 Å². The molecule has 1 saturated heterocycles. The van der Waals surface area contributed by atoms with Crippen molar-refractivity contribution in [1.29, 1.82) is 0 Å². The summed E-state index contributed by atoms with van der Waals surface area (Å²) in [6.45, 7) is 1.99. The van der Waals surface area contributed by atoms with E-state index in [0.29, 0.717) is 11.8 Å². The van der Waals surface area contributed by atoms with Gasteiger partial charge in [-0.1, -0.05) is 35.5 Å². The van der Waals surface area contributed by atoms with Crippen molar-refractivity contribution in [1.82, 2.24) is 10.1 Å². The maximum absolute atomic E-state index is 5.41. The van der Waals surface area contributed by atoms with Crippen molar-refractivity contribution in [2.24, 2.45) is 0 Å². The molecule has 3 heterocycles. The second kappa shape index (κ2) is 7.05. The van der Waals surface area contributed by atoms with Crippen molar-refractivity contribution in [3.05, 3.63) is 66.1 Å². The highest BCUT2D eigenvalue weighted by atomic mass is 16.5. The van der Waals surface area contributed by atoms with Crippen LogP contribution in [0.3, 0.4) is 0 Å². The van der Waals surface area contributed by atoms with Crippen LogP contribution in [0.5, 0.6) is 0 Å². The number of rotatable bonds is 6. The van der Waals surface area contributed by atoms with Gasteiger partial charge in [-0.2, -0.15) is 0 Å². The van der Waals surface area contributed by atoms with E-state index in [1.54, 1.807) is 6.26 Å². The molecule has 1 fully saturated rings. The standard InChI is InChI=1S/C20H22N2O2/c1-2-6-16(7-3-1)10-11-18-8-4-12-22(18)15-17-14-20(24-21-17)19-9-5-13-23-19/h1-3,5-7,9,13-14,18H,4,8,10-12,15H2. The Morgan fingerprint density at radius 3 is 2.83 bits per heavy atom. The van der Waals surface area contributed by atoms with Crippen LogP contribution in [0.4, 0.5) is 0 Å². The van der Waals surface area contributed by atoms with Crippen LogP contribution in [-0.4, -0.2) is 22.6 Å². The molecule has 24 heavy (non-hydrogen) atoms. The minimum absolute atomic E-state index is 0.633. The van der Waals surface area contributed by atoms with Crippen molar-refractivity contribution in [2.45, 2.75) is 38.3 Å². The van der Waals surface area contributed by atoms with Gasteiger partial charge in [0.15, 0.2) is 5.76 Å². The summed E-state index contributed by atoms with van der Waals surface area (Å²) >= 11 is 0. The van der Waals surface area contributed by atoms with Crippen molar-refractivity contribution < 1.29 is 8.94 Å². The van der Waals surface area contributed by atoms with E-state index in [1.807, 2.05) is 18.2 Å². The first kappa shape index (κ1) is 15.2. The highest BCUT2D eigenvalue weighted by Gasteiger charge is 2.25. The third kappa shape index (κ3) is 3.44. The number of furan rings is 1. The number of hydrogen-bond acceptors (Lipinski definition) is 4. The fourth-order valence-electron chi connectivity index (χ4n) is 3.54. The molecule has 1 atom stereocenters.